The van der Waals surface area contributed by atoms with Gasteiger partial charge in [0.15, 0.2) is 0 Å². The van der Waals surface area contributed by atoms with Gasteiger partial charge < -0.3 is 19.7 Å². The highest BCUT2D eigenvalue weighted by Gasteiger charge is 2.58. The Labute approximate surface area is 259 Å². The summed E-state index contributed by atoms with van der Waals surface area (Å²) >= 11 is 12.3. The number of carbonyl (C=O) groups is 3. The standard InChI is InChI=1S/C33H31Cl2FN4O3/c1-21(41)38-11-13-39(14-12-38)32(43)33(17-22-5-3-2-4-6-22)18-30(42)40(20-23-7-10-27(35)28(36)15-23)31(33)26-19-37-29-16-24(34)8-9-25(26)29/h2-10,15-16,19,31,37H,11-14,17-18,20H2,1H3. The number of halogens is 3. The molecule has 2 fully saturated rings. The van der Waals surface area contributed by atoms with E-state index in [1.807, 2.05) is 48.7 Å². The van der Waals surface area contributed by atoms with Gasteiger partial charge in [0, 0.05) is 73.8 Å². The first-order chi connectivity index (χ1) is 20.7. The quantitative estimate of drug-likeness (QED) is 0.287. The summed E-state index contributed by atoms with van der Waals surface area (Å²) in [7, 11) is 0. The number of piperazine rings is 1. The Kier molecular flexibility index (Phi) is 7.92. The molecule has 4 aromatic rings. The van der Waals surface area contributed by atoms with Gasteiger partial charge in [-0.15, -0.1) is 0 Å². The number of hydrogen-bond acceptors (Lipinski definition) is 3. The minimum absolute atomic E-state index is 0.000129. The fourth-order valence-electron chi connectivity index (χ4n) is 6.66. The summed E-state index contributed by atoms with van der Waals surface area (Å²) in [4.78, 5) is 49.5. The third kappa shape index (κ3) is 5.50. The summed E-state index contributed by atoms with van der Waals surface area (Å²) in [5, 5.41) is 1.41. The molecular weight excluding hydrogens is 590 g/mol. The van der Waals surface area contributed by atoms with Gasteiger partial charge in [-0.05, 0) is 41.8 Å². The SMILES string of the molecule is CC(=O)N1CCN(C(=O)C2(Cc3ccccc3)CC(=O)N(Cc3ccc(Cl)c(F)c3)C2c2c[nH]c3cc(Cl)ccc23)CC1. The van der Waals surface area contributed by atoms with Crippen LogP contribution in [0.3, 0.4) is 0 Å². The second-order valence-corrected chi connectivity index (χ2v) is 12.2. The van der Waals surface area contributed by atoms with Crippen LogP contribution in [0.15, 0.2) is 72.9 Å². The van der Waals surface area contributed by atoms with E-state index in [4.69, 9.17) is 23.2 Å². The molecule has 1 aromatic heterocycles. The summed E-state index contributed by atoms with van der Waals surface area (Å²) in [6.45, 7) is 3.24. The average Bonchev–Trinajstić information content (AvgIpc) is 3.52. The molecule has 0 saturated carbocycles. The first kappa shape index (κ1) is 29.2. The van der Waals surface area contributed by atoms with Crippen LogP contribution in [0.4, 0.5) is 4.39 Å². The fraction of sp³-hybridized carbons (Fsp3) is 0.303. The molecule has 2 aliphatic rings. The Morgan fingerprint density at radius 3 is 2.37 bits per heavy atom. The van der Waals surface area contributed by atoms with Crippen molar-refractivity contribution in [3.63, 3.8) is 0 Å². The Morgan fingerprint density at radius 2 is 1.67 bits per heavy atom. The third-order valence-electron chi connectivity index (χ3n) is 8.73. The molecule has 222 valence electrons. The van der Waals surface area contributed by atoms with E-state index in [2.05, 4.69) is 4.98 Å². The number of H-pyrrole nitrogens is 1. The molecule has 3 aromatic carbocycles. The molecular formula is C33H31Cl2FN4O3. The largest absolute Gasteiger partial charge is 0.361 e. The van der Waals surface area contributed by atoms with E-state index in [-0.39, 0.29) is 35.7 Å². The number of rotatable bonds is 6. The number of carbonyl (C=O) groups excluding carboxylic acids is 3. The van der Waals surface area contributed by atoms with Gasteiger partial charge in [-0.25, -0.2) is 4.39 Å². The zero-order chi connectivity index (χ0) is 30.3. The maximum Gasteiger partial charge on any atom is 0.232 e. The molecule has 2 aliphatic heterocycles. The van der Waals surface area contributed by atoms with E-state index in [0.29, 0.717) is 43.2 Å². The number of amides is 3. The zero-order valence-corrected chi connectivity index (χ0v) is 25.2. The number of aromatic nitrogens is 1. The van der Waals surface area contributed by atoms with Gasteiger partial charge in [0.05, 0.1) is 16.5 Å². The van der Waals surface area contributed by atoms with Gasteiger partial charge in [-0.1, -0.05) is 65.7 Å². The minimum atomic E-state index is -1.17. The normalized spacial score (nSPS) is 20.7. The van der Waals surface area contributed by atoms with Crippen LogP contribution in [0, 0.1) is 11.2 Å². The van der Waals surface area contributed by atoms with Gasteiger partial charge >= 0.3 is 0 Å². The fourth-order valence-corrected chi connectivity index (χ4v) is 6.95. The summed E-state index contributed by atoms with van der Waals surface area (Å²) in [6, 6.07) is 19.0. The van der Waals surface area contributed by atoms with Crippen molar-refractivity contribution in [3.8, 4) is 0 Å². The average molecular weight is 622 g/mol. The molecule has 3 amide bonds. The van der Waals surface area contributed by atoms with Gasteiger partial charge in [0.1, 0.15) is 5.82 Å². The smallest absolute Gasteiger partial charge is 0.232 e. The maximum absolute atomic E-state index is 14.9. The molecule has 2 atom stereocenters. The number of hydrogen-bond donors (Lipinski definition) is 1. The molecule has 2 unspecified atom stereocenters. The lowest BCUT2D eigenvalue weighted by Crippen LogP contribution is -2.55. The molecule has 0 bridgehead atoms. The maximum atomic E-state index is 14.9. The van der Waals surface area contributed by atoms with Gasteiger partial charge in [0.25, 0.3) is 0 Å². The van der Waals surface area contributed by atoms with Crippen molar-refractivity contribution in [3.05, 3.63) is 105 Å². The minimum Gasteiger partial charge on any atom is -0.361 e. The van der Waals surface area contributed by atoms with Crippen molar-refractivity contribution < 1.29 is 18.8 Å². The second-order valence-electron chi connectivity index (χ2n) is 11.4. The Hall–Kier alpha value is -3.88. The van der Waals surface area contributed by atoms with Gasteiger partial charge in [0.2, 0.25) is 17.7 Å². The molecule has 43 heavy (non-hydrogen) atoms. The third-order valence-corrected chi connectivity index (χ3v) is 9.27. The highest BCUT2D eigenvalue weighted by Crippen LogP contribution is 2.53. The van der Waals surface area contributed by atoms with Crippen molar-refractivity contribution >= 4 is 51.8 Å². The van der Waals surface area contributed by atoms with E-state index in [1.165, 1.54) is 19.1 Å². The molecule has 3 heterocycles. The van der Waals surface area contributed by atoms with Crippen LogP contribution in [-0.2, 0) is 27.3 Å². The molecule has 0 radical (unpaired) electrons. The molecule has 2 saturated heterocycles. The Balaban J connectivity index is 1.50. The van der Waals surface area contributed by atoms with Crippen molar-refractivity contribution in [2.75, 3.05) is 26.2 Å². The van der Waals surface area contributed by atoms with E-state index >= 15 is 0 Å². The first-order valence-electron chi connectivity index (χ1n) is 14.2. The van der Waals surface area contributed by atoms with Crippen LogP contribution in [0.25, 0.3) is 10.9 Å². The van der Waals surface area contributed by atoms with E-state index in [0.717, 1.165) is 22.0 Å². The Morgan fingerprint density at radius 1 is 0.953 bits per heavy atom. The van der Waals surface area contributed by atoms with Crippen molar-refractivity contribution in [1.29, 1.82) is 0 Å². The summed E-state index contributed by atoms with van der Waals surface area (Å²) in [6.07, 6.45) is 2.15. The predicted molar refractivity (Wildman–Crippen MR) is 164 cm³/mol. The van der Waals surface area contributed by atoms with E-state index in [9.17, 15) is 18.8 Å². The lowest BCUT2D eigenvalue weighted by atomic mass is 9.71. The van der Waals surface area contributed by atoms with Crippen molar-refractivity contribution in [2.24, 2.45) is 5.41 Å². The number of fused-ring (bicyclic) bond motifs is 1. The lowest BCUT2D eigenvalue weighted by molar-refractivity contribution is -0.148. The summed E-state index contributed by atoms with van der Waals surface area (Å²) in [5.41, 5.74) is 1.91. The number of nitrogens with zero attached hydrogens (tertiary/aromatic N) is 3. The predicted octanol–water partition coefficient (Wildman–Crippen LogP) is 6.01. The van der Waals surface area contributed by atoms with E-state index in [1.54, 1.807) is 26.8 Å². The Bertz CT molecular complexity index is 1700. The lowest BCUT2D eigenvalue weighted by Gasteiger charge is -2.43. The topological polar surface area (TPSA) is 76.7 Å². The number of likely N-dealkylation sites (tertiary alicyclic amines) is 1. The first-order valence-corrected chi connectivity index (χ1v) is 15.0. The highest BCUT2D eigenvalue weighted by atomic mass is 35.5. The van der Waals surface area contributed by atoms with Gasteiger partial charge in [-0.3, -0.25) is 14.4 Å². The number of benzene rings is 3. The number of nitrogens with one attached hydrogen (secondary N) is 1. The number of aromatic amines is 1. The zero-order valence-electron chi connectivity index (χ0n) is 23.7. The molecule has 0 spiro atoms. The second kappa shape index (κ2) is 11.7. The van der Waals surface area contributed by atoms with E-state index < -0.39 is 17.3 Å². The van der Waals surface area contributed by atoms with Crippen LogP contribution >= 0.6 is 23.2 Å². The molecule has 1 N–H and O–H groups in total. The molecule has 6 rings (SSSR count). The van der Waals surface area contributed by atoms with Crippen molar-refractivity contribution in [1.82, 2.24) is 19.7 Å². The molecule has 7 nitrogen and oxygen atoms in total. The van der Waals surface area contributed by atoms with Gasteiger partial charge in [-0.2, -0.15) is 0 Å². The van der Waals surface area contributed by atoms with Crippen LogP contribution in [-0.4, -0.2) is 63.6 Å². The molecule has 0 aliphatic carbocycles. The summed E-state index contributed by atoms with van der Waals surface area (Å²) < 4.78 is 14.5. The highest BCUT2D eigenvalue weighted by molar-refractivity contribution is 6.31. The summed E-state index contributed by atoms with van der Waals surface area (Å²) in [5.74, 6) is -0.931. The van der Waals surface area contributed by atoms with Crippen LogP contribution in [0.1, 0.15) is 36.1 Å². The van der Waals surface area contributed by atoms with Crippen LogP contribution in [0.2, 0.25) is 10.0 Å². The van der Waals surface area contributed by atoms with Crippen LogP contribution in [0.5, 0.6) is 0 Å². The molecule has 10 heteroatoms. The monoisotopic (exact) mass is 620 g/mol. The van der Waals surface area contributed by atoms with Crippen LogP contribution < -0.4 is 0 Å². The van der Waals surface area contributed by atoms with Crippen molar-refractivity contribution in [2.45, 2.75) is 32.4 Å².